The van der Waals surface area contributed by atoms with Crippen molar-refractivity contribution < 1.29 is 9.31 Å². The number of anilines is 1. The standard InChI is InChI=1S/C30H56N3O/c1-7-8-9-10-11-12-13-14-15-16-17-18-19-20-21-22-27-34-29-25-23-28(24-26-29)33(6)30(31(2)3)32(4)5/h23-26H,7-22,27H2,1-6H3/q+1. The van der Waals surface area contributed by atoms with E-state index in [1.54, 1.807) is 0 Å². The molecule has 0 bridgehead atoms. The smallest absolute Gasteiger partial charge is 0.354 e. The monoisotopic (exact) mass is 474 g/mol. The van der Waals surface area contributed by atoms with Gasteiger partial charge in [-0.25, -0.2) is 4.90 Å². The fourth-order valence-electron chi connectivity index (χ4n) is 4.72. The Balaban J connectivity index is 2.00. The summed E-state index contributed by atoms with van der Waals surface area (Å²) in [6.45, 7) is 3.11. The summed E-state index contributed by atoms with van der Waals surface area (Å²) < 4.78 is 8.10. The topological polar surface area (TPSA) is 18.7 Å². The second kappa shape index (κ2) is 19.6. The van der Waals surface area contributed by atoms with E-state index in [2.05, 4.69) is 80.8 Å². The van der Waals surface area contributed by atoms with Crippen LogP contribution < -0.4 is 9.64 Å². The number of unbranched alkanes of at least 4 members (excludes halogenated alkanes) is 15. The largest absolute Gasteiger partial charge is 0.494 e. The highest BCUT2D eigenvalue weighted by atomic mass is 16.5. The molecular weight excluding hydrogens is 418 g/mol. The lowest BCUT2D eigenvalue weighted by Gasteiger charge is -2.21. The van der Waals surface area contributed by atoms with Crippen molar-refractivity contribution in [1.29, 1.82) is 0 Å². The first-order chi connectivity index (χ1) is 16.5. The Kier molecular flexibility index (Phi) is 17.5. The molecule has 34 heavy (non-hydrogen) atoms. The van der Waals surface area contributed by atoms with E-state index < -0.39 is 0 Å². The van der Waals surface area contributed by atoms with E-state index in [1.165, 1.54) is 96.3 Å². The van der Waals surface area contributed by atoms with Crippen molar-refractivity contribution in [2.75, 3.05) is 46.7 Å². The zero-order valence-electron chi connectivity index (χ0n) is 23.6. The summed E-state index contributed by atoms with van der Waals surface area (Å²) in [4.78, 5) is 4.32. The van der Waals surface area contributed by atoms with Gasteiger partial charge >= 0.3 is 5.96 Å². The van der Waals surface area contributed by atoms with Crippen LogP contribution in [0.3, 0.4) is 0 Å². The molecule has 1 rings (SSSR count). The third-order valence-corrected chi connectivity index (χ3v) is 6.59. The average Bonchev–Trinajstić information content (AvgIpc) is 2.81. The predicted molar refractivity (Wildman–Crippen MR) is 151 cm³/mol. The molecule has 0 atom stereocenters. The van der Waals surface area contributed by atoms with Gasteiger partial charge in [0.15, 0.2) is 0 Å². The highest BCUT2D eigenvalue weighted by molar-refractivity contribution is 5.91. The molecule has 0 unspecified atom stereocenters. The molecule has 4 heteroatoms. The summed E-state index contributed by atoms with van der Waals surface area (Å²) in [5.74, 6) is 2.11. The van der Waals surface area contributed by atoms with Crippen molar-refractivity contribution in [3.05, 3.63) is 24.3 Å². The third kappa shape index (κ3) is 13.9. The molecule has 0 saturated heterocycles. The highest BCUT2D eigenvalue weighted by Crippen LogP contribution is 2.20. The van der Waals surface area contributed by atoms with Crippen LogP contribution >= 0.6 is 0 Å². The molecule has 0 aliphatic heterocycles. The average molecular weight is 475 g/mol. The predicted octanol–water partition coefficient (Wildman–Crippen LogP) is 7.95. The van der Waals surface area contributed by atoms with Crippen molar-refractivity contribution >= 4 is 11.6 Å². The van der Waals surface area contributed by atoms with Crippen LogP contribution in [-0.4, -0.2) is 57.3 Å². The van der Waals surface area contributed by atoms with Crippen molar-refractivity contribution in [3.63, 3.8) is 0 Å². The Labute approximate surface area is 212 Å². The molecule has 0 amide bonds. The van der Waals surface area contributed by atoms with Crippen molar-refractivity contribution in [3.8, 4) is 5.75 Å². The molecule has 0 saturated carbocycles. The maximum absolute atomic E-state index is 5.97. The maximum atomic E-state index is 5.97. The van der Waals surface area contributed by atoms with Gasteiger partial charge < -0.3 is 4.74 Å². The molecule has 0 aliphatic rings. The minimum Gasteiger partial charge on any atom is -0.494 e. The van der Waals surface area contributed by atoms with E-state index in [-0.39, 0.29) is 0 Å². The van der Waals surface area contributed by atoms with Crippen molar-refractivity contribution in [2.24, 2.45) is 0 Å². The minimum atomic E-state index is 0.820. The van der Waals surface area contributed by atoms with Gasteiger partial charge in [-0.2, -0.15) is 0 Å². The molecule has 0 fully saturated rings. The zero-order valence-corrected chi connectivity index (χ0v) is 23.6. The Morgan fingerprint density at radius 2 is 1.06 bits per heavy atom. The van der Waals surface area contributed by atoms with Crippen LogP contribution in [0.2, 0.25) is 0 Å². The molecule has 1 aromatic rings. The number of hydrogen-bond acceptors (Lipinski definition) is 1. The van der Waals surface area contributed by atoms with Crippen LogP contribution in [0, 0.1) is 0 Å². The minimum absolute atomic E-state index is 0.820. The van der Waals surface area contributed by atoms with Crippen molar-refractivity contribution in [2.45, 2.75) is 110 Å². The molecule has 196 valence electrons. The molecule has 0 aliphatic carbocycles. The summed E-state index contributed by atoms with van der Waals surface area (Å²) >= 11 is 0. The zero-order chi connectivity index (χ0) is 25.0. The van der Waals surface area contributed by atoms with E-state index in [0.29, 0.717) is 0 Å². The Morgan fingerprint density at radius 3 is 1.44 bits per heavy atom. The Bertz CT molecular complexity index is 635. The molecule has 1 aromatic carbocycles. The van der Waals surface area contributed by atoms with Gasteiger partial charge in [-0.05, 0) is 30.7 Å². The van der Waals surface area contributed by atoms with Gasteiger partial charge in [0.1, 0.15) is 11.4 Å². The normalized spacial score (nSPS) is 10.9. The maximum Gasteiger partial charge on any atom is 0.354 e. The van der Waals surface area contributed by atoms with Gasteiger partial charge in [-0.1, -0.05) is 103 Å². The fourth-order valence-corrected chi connectivity index (χ4v) is 4.72. The van der Waals surface area contributed by atoms with Crippen LogP contribution in [0.25, 0.3) is 0 Å². The lowest BCUT2D eigenvalue weighted by Crippen LogP contribution is -2.43. The summed E-state index contributed by atoms with van der Waals surface area (Å²) in [5, 5.41) is 0. The Morgan fingerprint density at radius 1 is 0.647 bits per heavy atom. The molecule has 0 spiro atoms. The quantitative estimate of drug-likeness (QED) is 0.0877. The highest BCUT2D eigenvalue weighted by Gasteiger charge is 2.20. The number of guanidine groups is 1. The van der Waals surface area contributed by atoms with Crippen LogP contribution in [0.1, 0.15) is 110 Å². The van der Waals surface area contributed by atoms with Gasteiger partial charge in [0.2, 0.25) is 0 Å². The number of nitrogens with zero attached hydrogens (tertiary/aromatic N) is 3. The van der Waals surface area contributed by atoms with Crippen LogP contribution in [0.5, 0.6) is 5.75 Å². The first-order valence-electron chi connectivity index (χ1n) is 14.2. The molecule has 0 radical (unpaired) electrons. The summed E-state index contributed by atoms with van der Waals surface area (Å²) in [6, 6.07) is 8.44. The molecule has 4 nitrogen and oxygen atoms in total. The SMILES string of the molecule is CCCCCCCCCCCCCCCCCCOc1ccc(N(C)C(N(C)C)=[N+](C)C)cc1. The van der Waals surface area contributed by atoms with Crippen LogP contribution in [-0.2, 0) is 0 Å². The summed E-state index contributed by atoms with van der Waals surface area (Å²) in [6.07, 6.45) is 22.4. The van der Waals surface area contributed by atoms with E-state index in [0.717, 1.165) is 30.4 Å². The summed E-state index contributed by atoms with van der Waals surface area (Å²) in [5.41, 5.74) is 1.16. The summed E-state index contributed by atoms with van der Waals surface area (Å²) in [7, 11) is 10.4. The number of rotatable bonds is 19. The van der Waals surface area contributed by atoms with E-state index in [4.69, 9.17) is 4.74 Å². The molecule has 0 aromatic heterocycles. The third-order valence-electron chi connectivity index (χ3n) is 6.59. The molecule has 0 heterocycles. The second-order valence-electron chi connectivity index (χ2n) is 10.3. The van der Waals surface area contributed by atoms with Gasteiger partial charge in [0, 0.05) is 0 Å². The number of hydrogen-bond donors (Lipinski definition) is 0. The van der Waals surface area contributed by atoms with E-state index >= 15 is 0 Å². The van der Waals surface area contributed by atoms with Gasteiger partial charge in [-0.3, -0.25) is 9.48 Å². The van der Waals surface area contributed by atoms with Gasteiger partial charge in [-0.15, -0.1) is 0 Å². The number of benzene rings is 1. The second-order valence-corrected chi connectivity index (χ2v) is 10.3. The lowest BCUT2D eigenvalue weighted by atomic mass is 10.0. The fraction of sp³-hybridized carbons (Fsp3) is 0.767. The van der Waals surface area contributed by atoms with Crippen LogP contribution in [0.4, 0.5) is 5.69 Å². The van der Waals surface area contributed by atoms with E-state index in [1.807, 2.05) is 0 Å². The molecule has 0 N–H and O–H groups in total. The van der Waals surface area contributed by atoms with Crippen molar-refractivity contribution in [1.82, 2.24) is 4.90 Å². The van der Waals surface area contributed by atoms with E-state index in [9.17, 15) is 0 Å². The Hall–Kier alpha value is -1.71. The first-order valence-corrected chi connectivity index (χ1v) is 14.2. The molecular formula is C30H56N3O+. The first kappa shape index (κ1) is 30.3. The van der Waals surface area contributed by atoms with Gasteiger partial charge in [0.05, 0.1) is 41.8 Å². The van der Waals surface area contributed by atoms with Crippen LogP contribution in [0.15, 0.2) is 24.3 Å². The number of ether oxygens (including phenoxy) is 1. The lowest BCUT2D eigenvalue weighted by molar-refractivity contribution is -0.470. The van der Waals surface area contributed by atoms with Gasteiger partial charge in [0.25, 0.3) is 0 Å².